The molecule has 7 heteroatoms. The molecule has 0 aromatic heterocycles. The van der Waals surface area contributed by atoms with Gasteiger partial charge in [0, 0.05) is 32.6 Å². The van der Waals surface area contributed by atoms with Crippen molar-refractivity contribution in [1.29, 1.82) is 0 Å². The van der Waals surface area contributed by atoms with Crippen molar-refractivity contribution in [2.45, 2.75) is 18.0 Å². The average Bonchev–Trinajstić information content (AvgIpc) is 3.16. The maximum atomic E-state index is 13.8. The molecule has 2 aromatic carbocycles. The van der Waals surface area contributed by atoms with Crippen molar-refractivity contribution in [2.75, 3.05) is 20.6 Å². The lowest BCUT2D eigenvalue weighted by atomic mass is 9.75. The Labute approximate surface area is 180 Å². The molecule has 4 amide bonds. The fourth-order valence-electron chi connectivity index (χ4n) is 5.69. The highest BCUT2D eigenvalue weighted by atomic mass is 16.2. The molecular weight excluding hydrogens is 394 g/mol. The number of fused-ring (bicyclic) bond motifs is 5. The number of piperazine rings is 1. The van der Waals surface area contributed by atoms with E-state index in [-0.39, 0.29) is 36.6 Å². The van der Waals surface area contributed by atoms with E-state index in [1.165, 1.54) is 7.05 Å². The van der Waals surface area contributed by atoms with Gasteiger partial charge >= 0.3 is 0 Å². The molecule has 31 heavy (non-hydrogen) atoms. The Balaban J connectivity index is 1.73. The average molecular weight is 417 g/mol. The summed E-state index contributed by atoms with van der Waals surface area (Å²) >= 11 is 0. The molecule has 3 heterocycles. The van der Waals surface area contributed by atoms with Gasteiger partial charge in [-0.1, -0.05) is 48.5 Å². The summed E-state index contributed by atoms with van der Waals surface area (Å²) in [6, 6.07) is 17.6. The molecule has 3 aliphatic rings. The number of carbonyl (C=O) groups is 4. The van der Waals surface area contributed by atoms with E-state index in [0.717, 1.165) is 10.5 Å². The van der Waals surface area contributed by atoms with Crippen LogP contribution in [-0.4, -0.2) is 70.5 Å². The number of benzene rings is 2. The van der Waals surface area contributed by atoms with Gasteiger partial charge in [0.2, 0.25) is 17.7 Å². The molecule has 0 aliphatic carbocycles. The highest BCUT2D eigenvalue weighted by Gasteiger charge is 2.74. The second-order valence-corrected chi connectivity index (χ2v) is 8.62. The predicted molar refractivity (Wildman–Crippen MR) is 112 cm³/mol. The van der Waals surface area contributed by atoms with Gasteiger partial charge in [-0.2, -0.15) is 0 Å². The lowest BCUT2D eigenvalue weighted by Crippen LogP contribution is -2.69. The predicted octanol–water partition coefficient (Wildman–Crippen LogP) is 1.20. The van der Waals surface area contributed by atoms with E-state index in [9.17, 15) is 19.2 Å². The number of hydrogen-bond donors (Lipinski definition) is 0. The topological polar surface area (TPSA) is 78.0 Å². The van der Waals surface area contributed by atoms with E-state index in [2.05, 4.69) is 0 Å². The van der Waals surface area contributed by atoms with Crippen molar-refractivity contribution in [3.05, 3.63) is 71.8 Å². The second kappa shape index (κ2) is 6.77. The Bertz CT molecular complexity index is 1090. The van der Waals surface area contributed by atoms with Crippen LogP contribution in [0.2, 0.25) is 0 Å². The van der Waals surface area contributed by atoms with Crippen molar-refractivity contribution in [1.82, 2.24) is 14.7 Å². The zero-order chi connectivity index (χ0) is 21.9. The molecule has 0 unspecified atom stereocenters. The van der Waals surface area contributed by atoms with Crippen LogP contribution >= 0.6 is 0 Å². The minimum absolute atomic E-state index is 0.181. The Morgan fingerprint density at radius 1 is 0.935 bits per heavy atom. The van der Waals surface area contributed by atoms with Gasteiger partial charge in [0.25, 0.3) is 5.91 Å². The normalized spacial score (nSPS) is 29.5. The van der Waals surface area contributed by atoms with E-state index in [0.29, 0.717) is 5.56 Å². The van der Waals surface area contributed by atoms with E-state index in [1.807, 2.05) is 36.4 Å². The third kappa shape index (κ3) is 2.52. The zero-order valence-electron chi connectivity index (χ0n) is 17.4. The molecule has 5 rings (SSSR count). The molecule has 0 N–H and O–H groups in total. The van der Waals surface area contributed by atoms with Crippen molar-refractivity contribution in [3.8, 4) is 0 Å². The SMILES string of the molecule is CN1C[C@@H]2[C@@H]3C(=O)N(C)C(=O)[C@@H]3[C@](Cc3ccccc3)(C1=O)N2C(=O)c1ccccc1. The summed E-state index contributed by atoms with van der Waals surface area (Å²) in [5.74, 6) is -2.92. The van der Waals surface area contributed by atoms with Crippen LogP contribution in [0.1, 0.15) is 15.9 Å². The molecule has 0 saturated carbocycles. The highest BCUT2D eigenvalue weighted by Crippen LogP contribution is 2.53. The van der Waals surface area contributed by atoms with Gasteiger partial charge in [-0.3, -0.25) is 24.1 Å². The lowest BCUT2D eigenvalue weighted by molar-refractivity contribution is -0.154. The molecule has 0 spiro atoms. The number of imide groups is 1. The smallest absolute Gasteiger partial charge is 0.255 e. The number of carbonyl (C=O) groups excluding carboxylic acids is 4. The molecule has 7 nitrogen and oxygen atoms in total. The molecule has 0 radical (unpaired) electrons. The molecule has 3 fully saturated rings. The third-order valence-corrected chi connectivity index (χ3v) is 7.00. The maximum Gasteiger partial charge on any atom is 0.255 e. The van der Waals surface area contributed by atoms with Gasteiger partial charge < -0.3 is 9.80 Å². The van der Waals surface area contributed by atoms with Gasteiger partial charge in [0.05, 0.1) is 17.9 Å². The fourth-order valence-corrected chi connectivity index (χ4v) is 5.69. The first-order valence-electron chi connectivity index (χ1n) is 10.4. The van der Waals surface area contributed by atoms with Gasteiger partial charge in [-0.25, -0.2) is 0 Å². The summed E-state index contributed by atoms with van der Waals surface area (Å²) in [7, 11) is 3.14. The lowest BCUT2D eigenvalue weighted by Gasteiger charge is -2.48. The number of rotatable bonds is 3. The maximum absolute atomic E-state index is 13.8. The van der Waals surface area contributed by atoms with Crippen LogP contribution in [-0.2, 0) is 20.8 Å². The molecule has 3 saturated heterocycles. The number of likely N-dealkylation sites (tertiary alicyclic amines) is 2. The largest absolute Gasteiger partial charge is 0.342 e. The van der Waals surface area contributed by atoms with Gasteiger partial charge in [0.15, 0.2) is 0 Å². The highest BCUT2D eigenvalue weighted by molar-refractivity contribution is 6.13. The van der Waals surface area contributed by atoms with Crippen molar-refractivity contribution in [3.63, 3.8) is 0 Å². The number of likely N-dealkylation sites (N-methyl/N-ethyl adjacent to an activating group) is 1. The molecule has 4 atom stereocenters. The van der Waals surface area contributed by atoms with E-state index < -0.39 is 23.4 Å². The van der Waals surface area contributed by atoms with Gasteiger partial charge in [-0.15, -0.1) is 0 Å². The summed E-state index contributed by atoms with van der Waals surface area (Å²) in [6.45, 7) is 0.224. The molecule has 2 bridgehead atoms. The monoisotopic (exact) mass is 417 g/mol. The zero-order valence-corrected chi connectivity index (χ0v) is 17.4. The molecular formula is C24H23N3O4. The Morgan fingerprint density at radius 2 is 1.55 bits per heavy atom. The van der Waals surface area contributed by atoms with Crippen LogP contribution in [0.3, 0.4) is 0 Å². The summed E-state index contributed by atoms with van der Waals surface area (Å²) in [5.41, 5.74) is -0.157. The first-order valence-corrected chi connectivity index (χ1v) is 10.4. The summed E-state index contributed by atoms with van der Waals surface area (Å²) in [4.78, 5) is 58.2. The van der Waals surface area contributed by atoms with Gasteiger partial charge in [-0.05, 0) is 17.7 Å². The number of nitrogens with zero attached hydrogens (tertiary/aromatic N) is 3. The molecule has 3 aliphatic heterocycles. The Hall–Kier alpha value is -3.48. The summed E-state index contributed by atoms with van der Waals surface area (Å²) in [6.07, 6.45) is 0.181. The van der Waals surface area contributed by atoms with E-state index in [1.54, 1.807) is 41.1 Å². The van der Waals surface area contributed by atoms with Gasteiger partial charge in [0.1, 0.15) is 5.54 Å². The summed E-state index contributed by atoms with van der Waals surface area (Å²) in [5, 5.41) is 0. The molecule has 158 valence electrons. The van der Waals surface area contributed by atoms with Crippen LogP contribution in [0, 0.1) is 11.8 Å². The Morgan fingerprint density at radius 3 is 2.19 bits per heavy atom. The minimum Gasteiger partial charge on any atom is -0.342 e. The first kappa shape index (κ1) is 19.5. The van der Waals surface area contributed by atoms with Crippen LogP contribution in [0.15, 0.2) is 60.7 Å². The van der Waals surface area contributed by atoms with Crippen molar-refractivity contribution in [2.24, 2.45) is 11.8 Å². The summed E-state index contributed by atoms with van der Waals surface area (Å²) < 4.78 is 0. The van der Waals surface area contributed by atoms with E-state index >= 15 is 0 Å². The first-order chi connectivity index (χ1) is 14.9. The van der Waals surface area contributed by atoms with Crippen LogP contribution < -0.4 is 0 Å². The quantitative estimate of drug-likeness (QED) is 0.703. The van der Waals surface area contributed by atoms with E-state index in [4.69, 9.17) is 0 Å². The third-order valence-electron chi connectivity index (χ3n) is 7.00. The number of amides is 4. The van der Waals surface area contributed by atoms with Crippen molar-refractivity contribution >= 4 is 23.6 Å². The Kier molecular flexibility index (Phi) is 4.25. The fraction of sp³-hybridized carbons (Fsp3) is 0.333. The molecule has 2 aromatic rings. The number of hydrogen-bond acceptors (Lipinski definition) is 4. The van der Waals surface area contributed by atoms with Crippen LogP contribution in [0.4, 0.5) is 0 Å². The van der Waals surface area contributed by atoms with Crippen LogP contribution in [0.5, 0.6) is 0 Å². The second-order valence-electron chi connectivity index (χ2n) is 8.62. The van der Waals surface area contributed by atoms with Crippen molar-refractivity contribution < 1.29 is 19.2 Å². The minimum atomic E-state index is -1.44. The standard InChI is InChI=1S/C24H23N3O4/c1-25-14-17-18-19(22(30)26(2)21(18)29)24(23(25)31,13-15-9-5-3-6-10-15)27(17)20(28)16-11-7-4-8-12-16/h3-12,17-19H,13-14H2,1-2H3/t17-,18+,19-,24-/m1/s1. The van der Waals surface area contributed by atoms with Crippen LogP contribution in [0.25, 0.3) is 0 Å².